The molecule has 0 saturated carbocycles. The van der Waals surface area contributed by atoms with Crippen LogP contribution in [-0.4, -0.2) is 74.8 Å². The summed E-state index contributed by atoms with van der Waals surface area (Å²) in [5.74, 6) is 0.334. The Morgan fingerprint density at radius 2 is 2.06 bits per heavy atom. The zero-order valence-electron chi connectivity index (χ0n) is 19.9. The standard InChI is InChI=1S/C24H31N5O3S2/c1-4-17(3)29-23(31)19(34-24(29)33)14-18-21(25-8-5-9-27-10-12-32-13-11-27)26-20-7-6-16(2)15-28(20)22(18)30/h6-7,14-15,17,25H,4-5,8-13H2,1-3H3/b19-14-. The van der Waals surface area contributed by atoms with E-state index < -0.39 is 0 Å². The Morgan fingerprint density at radius 1 is 1.29 bits per heavy atom. The highest BCUT2D eigenvalue weighted by Crippen LogP contribution is 2.34. The van der Waals surface area contributed by atoms with Crippen molar-refractivity contribution in [1.82, 2.24) is 19.2 Å². The van der Waals surface area contributed by atoms with Gasteiger partial charge in [0.05, 0.1) is 23.7 Å². The molecule has 1 atom stereocenters. The molecule has 8 nitrogen and oxygen atoms in total. The molecule has 1 N–H and O–H groups in total. The first kappa shape index (κ1) is 24.8. The predicted molar refractivity (Wildman–Crippen MR) is 141 cm³/mol. The number of pyridine rings is 1. The number of aromatic nitrogens is 2. The average molecular weight is 502 g/mol. The summed E-state index contributed by atoms with van der Waals surface area (Å²) in [6.45, 7) is 11.0. The van der Waals surface area contributed by atoms with Crippen molar-refractivity contribution in [2.24, 2.45) is 0 Å². The highest BCUT2D eigenvalue weighted by Gasteiger charge is 2.35. The van der Waals surface area contributed by atoms with Crippen LogP contribution in [0.3, 0.4) is 0 Å². The summed E-state index contributed by atoms with van der Waals surface area (Å²) in [6.07, 6.45) is 5.13. The Balaban J connectivity index is 1.63. The van der Waals surface area contributed by atoms with Gasteiger partial charge in [-0.3, -0.25) is 23.8 Å². The number of hydrogen-bond acceptors (Lipinski definition) is 8. The molecular formula is C24H31N5O3S2. The molecule has 1 unspecified atom stereocenters. The Bertz CT molecular complexity index is 1170. The quantitative estimate of drug-likeness (QED) is 0.336. The molecule has 4 heterocycles. The van der Waals surface area contributed by atoms with Crippen LogP contribution in [0.15, 0.2) is 28.0 Å². The van der Waals surface area contributed by atoms with Crippen molar-refractivity contribution >= 4 is 51.7 Å². The lowest BCUT2D eigenvalue weighted by molar-refractivity contribution is -0.123. The van der Waals surface area contributed by atoms with Crippen LogP contribution in [0, 0.1) is 6.92 Å². The van der Waals surface area contributed by atoms with Gasteiger partial charge in [0.1, 0.15) is 15.8 Å². The lowest BCUT2D eigenvalue weighted by Gasteiger charge is -2.26. The average Bonchev–Trinajstić information content (AvgIpc) is 3.12. The molecular weight excluding hydrogens is 470 g/mol. The maximum atomic E-state index is 13.5. The van der Waals surface area contributed by atoms with Crippen LogP contribution >= 0.6 is 24.0 Å². The maximum absolute atomic E-state index is 13.5. The van der Waals surface area contributed by atoms with Gasteiger partial charge in [-0.25, -0.2) is 4.98 Å². The van der Waals surface area contributed by atoms with Crippen LogP contribution in [0.25, 0.3) is 11.7 Å². The fourth-order valence-electron chi connectivity index (χ4n) is 4.03. The SMILES string of the molecule is CCC(C)N1C(=O)/C(=C/c2c(NCCCN3CCOCC3)nc3ccc(C)cn3c2=O)SC1=S. The number of thioether (sulfide) groups is 1. The van der Waals surface area contributed by atoms with Gasteiger partial charge in [0.25, 0.3) is 11.5 Å². The first-order chi connectivity index (χ1) is 16.4. The molecule has 0 radical (unpaired) electrons. The minimum atomic E-state index is -0.210. The van der Waals surface area contributed by atoms with E-state index in [1.165, 1.54) is 16.2 Å². The first-order valence-corrected chi connectivity index (χ1v) is 13.0. The summed E-state index contributed by atoms with van der Waals surface area (Å²) < 4.78 is 7.47. The number of carbonyl (C=O) groups excluding carboxylic acids is 1. The van der Waals surface area contributed by atoms with E-state index in [-0.39, 0.29) is 17.5 Å². The summed E-state index contributed by atoms with van der Waals surface area (Å²) in [6, 6.07) is 3.78. The lowest BCUT2D eigenvalue weighted by Crippen LogP contribution is -2.37. The van der Waals surface area contributed by atoms with Gasteiger partial charge >= 0.3 is 0 Å². The summed E-state index contributed by atoms with van der Waals surface area (Å²) in [5.41, 5.74) is 1.68. The zero-order valence-corrected chi connectivity index (χ0v) is 21.5. The van der Waals surface area contributed by atoms with Gasteiger partial charge in [-0.05, 0) is 50.9 Å². The second-order valence-corrected chi connectivity index (χ2v) is 10.3. The second-order valence-electron chi connectivity index (χ2n) is 8.66. The number of amides is 1. The normalized spacial score (nSPS) is 19.4. The van der Waals surface area contributed by atoms with Crippen LogP contribution in [0.2, 0.25) is 0 Å². The lowest BCUT2D eigenvalue weighted by atomic mass is 10.2. The van der Waals surface area contributed by atoms with Crippen molar-refractivity contribution in [3.8, 4) is 0 Å². The van der Waals surface area contributed by atoms with Gasteiger partial charge < -0.3 is 10.1 Å². The van der Waals surface area contributed by atoms with E-state index >= 15 is 0 Å². The molecule has 34 heavy (non-hydrogen) atoms. The number of hydrogen-bond donors (Lipinski definition) is 1. The Kier molecular flexibility index (Phi) is 8.02. The third kappa shape index (κ3) is 5.35. The molecule has 2 aromatic heterocycles. The maximum Gasteiger partial charge on any atom is 0.267 e. The molecule has 2 aliphatic heterocycles. The minimum Gasteiger partial charge on any atom is -0.379 e. The molecule has 0 aromatic carbocycles. The molecule has 2 aromatic rings. The number of ether oxygens (including phenoxy) is 1. The van der Waals surface area contributed by atoms with Gasteiger partial charge in [-0.2, -0.15) is 0 Å². The van der Waals surface area contributed by atoms with Crippen molar-refractivity contribution in [3.63, 3.8) is 0 Å². The van der Waals surface area contributed by atoms with E-state index in [1.807, 2.05) is 32.9 Å². The molecule has 2 aliphatic rings. The number of anilines is 1. The predicted octanol–water partition coefficient (Wildman–Crippen LogP) is 3.14. The van der Waals surface area contributed by atoms with E-state index in [0.29, 0.717) is 32.8 Å². The van der Waals surface area contributed by atoms with Crippen LogP contribution in [-0.2, 0) is 9.53 Å². The fourth-order valence-corrected chi connectivity index (χ4v) is 5.48. The van der Waals surface area contributed by atoms with Crippen LogP contribution in [0.4, 0.5) is 5.82 Å². The summed E-state index contributed by atoms with van der Waals surface area (Å²) in [5, 5.41) is 3.35. The van der Waals surface area contributed by atoms with Crippen molar-refractivity contribution in [1.29, 1.82) is 0 Å². The number of nitrogens with zero attached hydrogens (tertiary/aromatic N) is 4. The molecule has 2 fully saturated rings. The topological polar surface area (TPSA) is 79.2 Å². The van der Waals surface area contributed by atoms with Crippen molar-refractivity contribution in [3.05, 3.63) is 44.7 Å². The largest absolute Gasteiger partial charge is 0.379 e. The highest BCUT2D eigenvalue weighted by atomic mass is 32.2. The Hall–Kier alpha value is -2.27. The van der Waals surface area contributed by atoms with Gasteiger partial charge in [-0.15, -0.1) is 0 Å². The molecule has 10 heteroatoms. The number of rotatable bonds is 8. The third-order valence-corrected chi connectivity index (χ3v) is 7.51. The Morgan fingerprint density at radius 3 is 2.79 bits per heavy atom. The molecule has 2 saturated heterocycles. The molecule has 0 spiro atoms. The first-order valence-electron chi connectivity index (χ1n) is 11.7. The fraction of sp³-hybridized carbons (Fsp3) is 0.500. The number of aryl methyl sites for hydroxylation is 1. The smallest absolute Gasteiger partial charge is 0.267 e. The van der Waals surface area contributed by atoms with E-state index in [4.69, 9.17) is 21.9 Å². The summed E-state index contributed by atoms with van der Waals surface area (Å²) >= 11 is 6.70. The third-order valence-electron chi connectivity index (χ3n) is 6.18. The number of thiocarbonyl (C=S) groups is 1. The number of fused-ring (bicyclic) bond motifs is 1. The zero-order chi connectivity index (χ0) is 24.2. The van der Waals surface area contributed by atoms with Crippen LogP contribution < -0.4 is 10.9 Å². The number of nitrogens with one attached hydrogen (secondary N) is 1. The number of morpholine rings is 1. The van der Waals surface area contributed by atoms with Gasteiger partial charge in [0.15, 0.2) is 0 Å². The van der Waals surface area contributed by atoms with E-state index in [9.17, 15) is 9.59 Å². The highest BCUT2D eigenvalue weighted by molar-refractivity contribution is 8.26. The second kappa shape index (κ2) is 11.0. The monoisotopic (exact) mass is 501 g/mol. The molecule has 1 amide bonds. The summed E-state index contributed by atoms with van der Waals surface area (Å²) in [4.78, 5) is 35.7. The Labute approximate surface area is 209 Å². The van der Waals surface area contributed by atoms with Crippen molar-refractivity contribution < 1.29 is 9.53 Å². The van der Waals surface area contributed by atoms with Crippen molar-refractivity contribution in [2.75, 3.05) is 44.7 Å². The van der Waals surface area contributed by atoms with E-state index in [1.54, 1.807) is 17.2 Å². The van der Waals surface area contributed by atoms with Gasteiger partial charge in [-0.1, -0.05) is 37.0 Å². The summed E-state index contributed by atoms with van der Waals surface area (Å²) in [7, 11) is 0. The number of carbonyl (C=O) groups is 1. The van der Waals surface area contributed by atoms with Crippen LogP contribution in [0.1, 0.15) is 37.8 Å². The van der Waals surface area contributed by atoms with Gasteiger partial charge in [0, 0.05) is 31.9 Å². The van der Waals surface area contributed by atoms with Crippen molar-refractivity contribution in [2.45, 2.75) is 39.7 Å². The molecule has 182 valence electrons. The van der Waals surface area contributed by atoms with E-state index in [2.05, 4.69) is 10.2 Å². The van der Waals surface area contributed by atoms with Crippen LogP contribution in [0.5, 0.6) is 0 Å². The molecule has 4 rings (SSSR count). The van der Waals surface area contributed by atoms with Gasteiger partial charge in [0.2, 0.25) is 0 Å². The molecule has 0 aliphatic carbocycles. The minimum absolute atomic E-state index is 0.00894. The van der Waals surface area contributed by atoms with E-state index in [0.717, 1.165) is 51.3 Å². The molecule has 0 bridgehead atoms.